The van der Waals surface area contributed by atoms with Crippen LogP contribution in [0.4, 0.5) is 4.79 Å². The normalized spacial score (nSPS) is 18.7. The fraction of sp³-hybridized carbons (Fsp3) is 0.606. The van der Waals surface area contributed by atoms with Crippen molar-refractivity contribution in [1.82, 2.24) is 20.1 Å². The average Bonchev–Trinajstić information content (AvgIpc) is 3.63. The molecule has 1 saturated heterocycles. The number of thiazole rings is 1. The summed E-state index contributed by atoms with van der Waals surface area (Å²) in [5.74, 6) is -0.751. The molecule has 1 aromatic heterocycles. The van der Waals surface area contributed by atoms with Crippen molar-refractivity contribution >= 4 is 35.2 Å². The van der Waals surface area contributed by atoms with Crippen LogP contribution < -0.4 is 5.32 Å². The Hall–Kier alpha value is -3.51. The predicted molar refractivity (Wildman–Crippen MR) is 171 cm³/mol. The highest BCUT2D eigenvalue weighted by molar-refractivity contribution is 7.15. The van der Waals surface area contributed by atoms with Gasteiger partial charge in [-0.2, -0.15) is 0 Å². The van der Waals surface area contributed by atoms with Crippen molar-refractivity contribution in [2.75, 3.05) is 46.5 Å². The molecule has 0 spiro atoms. The van der Waals surface area contributed by atoms with Gasteiger partial charge in [0.25, 0.3) is 5.91 Å². The fourth-order valence-electron chi connectivity index (χ4n) is 5.28. The molecule has 1 aliphatic carbocycles. The lowest BCUT2D eigenvalue weighted by molar-refractivity contribution is -0.155. The third kappa shape index (κ3) is 9.74. The molecule has 1 N–H and O–H groups in total. The summed E-state index contributed by atoms with van der Waals surface area (Å²) in [6.45, 7) is 9.57. The number of methoxy groups -OCH3 is 1. The largest absolute Gasteiger partial charge is 0.460 e. The molecule has 3 atom stereocenters. The molecule has 246 valence electrons. The predicted octanol–water partition coefficient (Wildman–Crippen LogP) is 4.86. The molecule has 2 aliphatic rings. The molecular formula is C33H46N4O7S. The first-order chi connectivity index (χ1) is 21.5. The Morgan fingerprint density at radius 1 is 1.07 bits per heavy atom. The second-order valence-corrected chi connectivity index (χ2v) is 13.6. The molecule has 45 heavy (non-hydrogen) atoms. The van der Waals surface area contributed by atoms with Crippen LogP contribution in [-0.4, -0.2) is 96.8 Å². The molecule has 1 unspecified atom stereocenters. The van der Waals surface area contributed by atoms with Crippen molar-refractivity contribution in [2.45, 2.75) is 77.4 Å². The van der Waals surface area contributed by atoms with E-state index < -0.39 is 23.5 Å². The van der Waals surface area contributed by atoms with Crippen LogP contribution in [0, 0.1) is 5.92 Å². The number of unbranched alkanes of at least 4 members (excludes halogenated alkanes) is 1. The molecule has 0 radical (unpaired) electrons. The number of benzene rings is 1. The lowest BCUT2D eigenvalue weighted by Gasteiger charge is -2.36. The Kier molecular flexibility index (Phi) is 12.0. The zero-order valence-corrected chi connectivity index (χ0v) is 27.8. The van der Waals surface area contributed by atoms with Gasteiger partial charge in [-0.25, -0.2) is 9.78 Å². The van der Waals surface area contributed by atoms with Gasteiger partial charge in [-0.1, -0.05) is 43.7 Å². The van der Waals surface area contributed by atoms with Crippen molar-refractivity contribution in [3.63, 3.8) is 0 Å². The molecule has 12 heteroatoms. The fourth-order valence-corrected chi connectivity index (χ4v) is 6.55. The minimum atomic E-state index is -0.975. The highest BCUT2D eigenvalue weighted by Crippen LogP contribution is 2.51. The summed E-state index contributed by atoms with van der Waals surface area (Å²) in [5, 5.41) is 3.66. The van der Waals surface area contributed by atoms with Crippen LogP contribution in [0.2, 0.25) is 0 Å². The minimum absolute atomic E-state index is 0.0462. The van der Waals surface area contributed by atoms with Gasteiger partial charge in [0.05, 0.1) is 6.61 Å². The van der Waals surface area contributed by atoms with Gasteiger partial charge in [-0.15, -0.1) is 11.3 Å². The maximum absolute atomic E-state index is 13.9. The number of rotatable bonds is 13. The number of hydrogen-bond donors (Lipinski definition) is 1. The Bertz CT molecular complexity index is 1320. The van der Waals surface area contributed by atoms with Crippen molar-refractivity contribution in [1.29, 1.82) is 0 Å². The Morgan fingerprint density at radius 2 is 1.76 bits per heavy atom. The number of esters is 1. The number of aromatic nitrogens is 1. The monoisotopic (exact) mass is 642 g/mol. The van der Waals surface area contributed by atoms with E-state index in [-0.39, 0.29) is 30.8 Å². The number of carbonyl (C=O) groups excluding carboxylic acids is 4. The molecule has 2 aromatic rings. The molecule has 0 bridgehead atoms. The number of piperazine rings is 1. The van der Waals surface area contributed by atoms with Gasteiger partial charge in [0, 0.05) is 62.7 Å². The van der Waals surface area contributed by atoms with Gasteiger partial charge in [0.15, 0.2) is 0 Å². The smallest absolute Gasteiger partial charge is 0.409 e. The summed E-state index contributed by atoms with van der Waals surface area (Å²) in [5.41, 5.74) is 0.543. The summed E-state index contributed by atoms with van der Waals surface area (Å²) in [6.07, 6.45) is 2.26. The van der Waals surface area contributed by atoms with E-state index in [1.807, 2.05) is 37.3 Å². The van der Waals surface area contributed by atoms with Crippen LogP contribution in [0.3, 0.4) is 0 Å². The first kappa shape index (κ1) is 34.4. The van der Waals surface area contributed by atoms with E-state index >= 15 is 0 Å². The van der Waals surface area contributed by atoms with Gasteiger partial charge in [-0.3, -0.25) is 14.4 Å². The number of nitrogens with one attached hydrogen (secondary N) is 1. The SMILES string of the molecule is CCCCOC(=O)N1CCN(C(=O)C(CCC(=O)OC(C)(C)C)NC(=O)c2nc(-c3ccccc3)sc2[C@H]2C[C@@H]2COC)CC1. The number of nitrogens with zero attached hydrogens (tertiary/aromatic N) is 3. The number of amides is 3. The van der Waals surface area contributed by atoms with Crippen molar-refractivity contribution in [3.8, 4) is 10.6 Å². The van der Waals surface area contributed by atoms with E-state index in [2.05, 4.69) is 5.32 Å². The maximum Gasteiger partial charge on any atom is 0.409 e. The van der Waals surface area contributed by atoms with E-state index in [4.69, 9.17) is 19.2 Å². The van der Waals surface area contributed by atoms with Crippen molar-refractivity contribution < 1.29 is 33.4 Å². The van der Waals surface area contributed by atoms with Gasteiger partial charge >= 0.3 is 12.1 Å². The summed E-state index contributed by atoms with van der Waals surface area (Å²) >= 11 is 1.49. The van der Waals surface area contributed by atoms with Crippen LogP contribution in [0.15, 0.2) is 30.3 Å². The summed E-state index contributed by atoms with van der Waals surface area (Å²) in [6, 6.07) is 8.72. The Morgan fingerprint density at radius 3 is 2.40 bits per heavy atom. The van der Waals surface area contributed by atoms with E-state index in [1.54, 1.807) is 37.7 Å². The minimum Gasteiger partial charge on any atom is -0.460 e. The Balaban J connectivity index is 1.50. The van der Waals surface area contributed by atoms with E-state index in [1.165, 1.54) is 11.3 Å². The summed E-state index contributed by atoms with van der Waals surface area (Å²) in [7, 11) is 1.67. The third-order valence-electron chi connectivity index (χ3n) is 7.76. The van der Waals surface area contributed by atoms with Gasteiger partial charge in [-0.05, 0) is 46.0 Å². The number of hydrogen-bond acceptors (Lipinski definition) is 9. The van der Waals surface area contributed by atoms with Gasteiger partial charge in [0.2, 0.25) is 5.91 Å². The van der Waals surface area contributed by atoms with Crippen LogP contribution in [-0.2, 0) is 23.8 Å². The molecule has 11 nitrogen and oxygen atoms in total. The zero-order valence-electron chi connectivity index (χ0n) is 27.0. The molecule has 2 fully saturated rings. The second-order valence-electron chi connectivity index (χ2n) is 12.6. The van der Waals surface area contributed by atoms with Crippen LogP contribution in [0.25, 0.3) is 10.6 Å². The maximum atomic E-state index is 13.9. The van der Waals surface area contributed by atoms with E-state index in [0.29, 0.717) is 51.0 Å². The molecule has 3 amide bonds. The highest BCUT2D eigenvalue weighted by atomic mass is 32.1. The van der Waals surface area contributed by atoms with Gasteiger partial charge < -0.3 is 29.3 Å². The van der Waals surface area contributed by atoms with Gasteiger partial charge in [0.1, 0.15) is 22.3 Å². The second kappa shape index (κ2) is 15.7. The van der Waals surface area contributed by atoms with Crippen LogP contribution in [0.1, 0.15) is 81.1 Å². The topological polar surface area (TPSA) is 127 Å². The first-order valence-electron chi connectivity index (χ1n) is 15.8. The third-order valence-corrected chi connectivity index (χ3v) is 9.00. The van der Waals surface area contributed by atoms with E-state index in [9.17, 15) is 19.2 Å². The van der Waals surface area contributed by atoms with Crippen LogP contribution in [0.5, 0.6) is 0 Å². The molecule has 1 aromatic carbocycles. The lowest BCUT2D eigenvalue weighted by Crippen LogP contribution is -2.56. The van der Waals surface area contributed by atoms with Crippen LogP contribution >= 0.6 is 11.3 Å². The summed E-state index contributed by atoms with van der Waals surface area (Å²) in [4.78, 5) is 61.6. The molecular weight excluding hydrogens is 596 g/mol. The number of ether oxygens (including phenoxy) is 3. The lowest BCUT2D eigenvalue weighted by atomic mass is 10.1. The standard InChI is InChI=1S/C33H46N4O7S/c1-6-7-19-43-32(41)37-17-15-36(16-18-37)31(40)25(13-14-26(38)44-33(2,3)4)34-29(39)27-28(24-20-23(24)21-42-5)45-30(35-27)22-11-9-8-10-12-22/h8-12,23-25H,6-7,13-21H2,1-5H3,(H,34,39)/t23-,24+,25?/m1/s1. The molecule has 1 aliphatic heterocycles. The Labute approximate surface area is 269 Å². The van der Waals surface area contributed by atoms with E-state index in [0.717, 1.165) is 34.7 Å². The summed E-state index contributed by atoms with van der Waals surface area (Å²) < 4.78 is 16.2. The quantitative estimate of drug-likeness (QED) is 0.243. The van der Waals surface area contributed by atoms with Crippen molar-refractivity contribution in [3.05, 3.63) is 40.9 Å². The highest BCUT2D eigenvalue weighted by Gasteiger charge is 2.43. The molecule has 4 rings (SSSR count). The average molecular weight is 643 g/mol. The molecule has 1 saturated carbocycles. The zero-order chi connectivity index (χ0) is 32.6. The van der Waals surface area contributed by atoms with Crippen molar-refractivity contribution in [2.24, 2.45) is 5.92 Å². The molecule has 2 heterocycles. The first-order valence-corrected chi connectivity index (χ1v) is 16.6. The number of carbonyl (C=O) groups is 4.